The predicted molar refractivity (Wildman–Crippen MR) is 86.5 cm³/mol. The lowest BCUT2D eigenvalue weighted by Gasteiger charge is -2.35. The highest BCUT2D eigenvalue weighted by Gasteiger charge is 2.53. The zero-order valence-electron chi connectivity index (χ0n) is 12.8. The fourth-order valence-electron chi connectivity index (χ4n) is 3.17. The van der Waals surface area contributed by atoms with Crippen LogP contribution in [0, 0.1) is 5.92 Å². The van der Waals surface area contributed by atoms with Crippen LogP contribution in [0.5, 0.6) is 0 Å². The summed E-state index contributed by atoms with van der Waals surface area (Å²) in [6.45, 7) is 6.05. The highest BCUT2D eigenvalue weighted by molar-refractivity contribution is 7.81. The first-order valence-corrected chi connectivity index (χ1v) is 7.86. The Labute approximate surface area is 134 Å². The number of nitrogens with two attached hydrogens (primary N) is 1. The highest BCUT2D eigenvalue weighted by Crippen LogP contribution is 2.44. The average molecular weight is 323 g/mol. The van der Waals surface area contributed by atoms with E-state index in [1.54, 1.807) is 6.33 Å². The molecule has 0 amide bonds. The molecule has 120 valence electrons. The summed E-state index contributed by atoms with van der Waals surface area (Å²) in [5, 5.41) is 9.96. The molecule has 22 heavy (non-hydrogen) atoms. The van der Waals surface area contributed by atoms with Gasteiger partial charge in [-0.05, 0) is 19.3 Å². The van der Waals surface area contributed by atoms with Gasteiger partial charge < -0.3 is 15.6 Å². The Morgan fingerprint density at radius 3 is 2.77 bits per heavy atom. The van der Waals surface area contributed by atoms with Gasteiger partial charge in [0, 0.05) is 0 Å². The van der Waals surface area contributed by atoms with Crippen LogP contribution in [-0.4, -0.2) is 42.1 Å². The van der Waals surface area contributed by atoms with Crippen LogP contribution in [-0.2, 0) is 10.5 Å². The van der Waals surface area contributed by atoms with E-state index in [0.29, 0.717) is 29.3 Å². The zero-order chi connectivity index (χ0) is 16.1. The van der Waals surface area contributed by atoms with Gasteiger partial charge in [0.05, 0.1) is 23.8 Å². The molecule has 0 bridgehead atoms. The second kappa shape index (κ2) is 5.36. The average Bonchev–Trinajstić information content (AvgIpc) is 2.97. The molecule has 8 heteroatoms. The number of hydrogen-bond donors (Lipinski definition) is 3. The topological polar surface area (TPSA) is 99.1 Å². The van der Waals surface area contributed by atoms with Gasteiger partial charge in [-0.25, -0.2) is 15.0 Å². The molecule has 0 spiro atoms. The number of thiol groups is 1. The van der Waals surface area contributed by atoms with Crippen molar-refractivity contribution >= 4 is 29.6 Å². The van der Waals surface area contributed by atoms with Crippen LogP contribution in [0.25, 0.3) is 11.2 Å². The summed E-state index contributed by atoms with van der Waals surface area (Å²) in [5.74, 6) is 0.662. The molecule has 3 heterocycles. The van der Waals surface area contributed by atoms with Crippen molar-refractivity contribution in [3.05, 3.63) is 12.7 Å². The Bertz CT molecular complexity index is 687. The minimum Gasteiger partial charge on any atom is -0.389 e. The van der Waals surface area contributed by atoms with Gasteiger partial charge in [0.1, 0.15) is 11.8 Å². The number of aliphatic hydroxyl groups is 1. The van der Waals surface area contributed by atoms with Gasteiger partial charge in [-0.15, -0.1) is 0 Å². The van der Waals surface area contributed by atoms with Crippen LogP contribution in [0.15, 0.2) is 12.7 Å². The summed E-state index contributed by atoms with van der Waals surface area (Å²) >= 11 is 4.64. The summed E-state index contributed by atoms with van der Waals surface area (Å²) in [6, 6.07) is 0. The number of imidazole rings is 1. The molecule has 0 radical (unpaired) electrons. The molecule has 1 aliphatic rings. The van der Waals surface area contributed by atoms with E-state index in [-0.39, 0.29) is 6.10 Å². The smallest absolute Gasteiger partial charge is 0.167 e. The number of ether oxygens (including phenoxy) is 1. The predicted octanol–water partition coefficient (Wildman–Crippen LogP) is 1.19. The number of nitrogen functional groups attached to an aromatic ring is 1. The normalized spacial score (nSPS) is 32.2. The number of anilines is 1. The van der Waals surface area contributed by atoms with Crippen molar-refractivity contribution in [2.45, 2.75) is 50.4 Å². The fraction of sp³-hybridized carbons (Fsp3) is 0.643. The van der Waals surface area contributed by atoms with Gasteiger partial charge in [0.25, 0.3) is 0 Å². The maximum Gasteiger partial charge on any atom is 0.167 e. The molecule has 1 fully saturated rings. The number of fused-ring (bicyclic) bond motifs is 1. The molecule has 3 N–H and O–H groups in total. The first-order chi connectivity index (χ1) is 10.4. The van der Waals surface area contributed by atoms with Crippen LogP contribution in [0.4, 0.5) is 5.82 Å². The first kappa shape index (κ1) is 15.5. The van der Waals surface area contributed by atoms with E-state index >= 15 is 0 Å². The van der Waals surface area contributed by atoms with Crippen molar-refractivity contribution in [2.75, 3.05) is 5.73 Å². The largest absolute Gasteiger partial charge is 0.389 e. The molecule has 0 saturated carbocycles. The Morgan fingerprint density at radius 2 is 2.18 bits per heavy atom. The molecule has 0 aromatic carbocycles. The fourth-order valence-corrected chi connectivity index (χ4v) is 3.70. The lowest BCUT2D eigenvalue weighted by molar-refractivity contribution is -0.105. The van der Waals surface area contributed by atoms with Crippen LogP contribution >= 0.6 is 12.6 Å². The van der Waals surface area contributed by atoms with Crippen molar-refractivity contribution in [3.8, 4) is 0 Å². The van der Waals surface area contributed by atoms with E-state index in [2.05, 4.69) is 41.4 Å². The van der Waals surface area contributed by atoms with Crippen molar-refractivity contribution < 1.29 is 9.84 Å². The van der Waals surface area contributed by atoms with Crippen molar-refractivity contribution in [2.24, 2.45) is 5.92 Å². The summed E-state index contributed by atoms with van der Waals surface area (Å²) in [6.07, 6.45) is 2.74. The SMILES string of the molecule is CC(C)C[C@@]1(n2cnc3c(N)ncnc32)O[C@H](C)[C@@H](O)[C@H]1S. The number of aromatic nitrogens is 4. The first-order valence-electron chi connectivity index (χ1n) is 7.34. The molecule has 2 aromatic heterocycles. The highest BCUT2D eigenvalue weighted by atomic mass is 32.1. The van der Waals surface area contributed by atoms with Gasteiger partial charge >= 0.3 is 0 Å². The minimum absolute atomic E-state index is 0.321. The molecule has 1 aliphatic heterocycles. The second-order valence-electron chi connectivity index (χ2n) is 6.25. The summed E-state index contributed by atoms with van der Waals surface area (Å²) < 4.78 is 8.01. The monoisotopic (exact) mass is 323 g/mol. The molecule has 4 atom stereocenters. The molecule has 1 saturated heterocycles. The Kier molecular flexibility index (Phi) is 3.78. The third-order valence-corrected chi connectivity index (χ3v) is 4.84. The summed E-state index contributed by atoms with van der Waals surface area (Å²) in [7, 11) is 0. The van der Waals surface area contributed by atoms with Crippen LogP contribution in [0.2, 0.25) is 0 Å². The Morgan fingerprint density at radius 1 is 1.45 bits per heavy atom. The summed E-state index contributed by atoms with van der Waals surface area (Å²) in [4.78, 5) is 12.6. The van der Waals surface area contributed by atoms with Gasteiger partial charge in [-0.1, -0.05) is 13.8 Å². The minimum atomic E-state index is -0.814. The quantitative estimate of drug-likeness (QED) is 0.734. The van der Waals surface area contributed by atoms with E-state index in [9.17, 15) is 5.11 Å². The third-order valence-electron chi connectivity index (χ3n) is 4.13. The number of nitrogens with zero attached hydrogens (tertiary/aromatic N) is 4. The Balaban J connectivity index is 2.19. The van der Waals surface area contributed by atoms with E-state index in [1.807, 2.05) is 11.5 Å². The molecule has 7 nitrogen and oxygen atoms in total. The van der Waals surface area contributed by atoms with E-state index in [0.717, 1.165) is 0 Å². The van der Waals surface area contributed by atoms with Gasteiger partial charge in [0.2, 0.25) is 0 Å². The van der Waals surface area contributed by atoms with E-state index < -0.39 is 17.1 Å². The maximum atomic E-state index is 10.3. The van der Waals surface area contributed by atoms with Crippen molar-refractivity contribution in [1.29, 1.82) is 0 Å². The van der Waals surface area contributed by atoms with Crippen molar-refractivity contribution in [1.82, 2.24) is 19.5 Å². The third kappa shape index (κ3) is 2.17. The van der Waals surface area contributed by atoms with Crippen LogP contribution < -0.4 is 5.73 Å². The molecule has 3 rings (SSSR count). The lowest BCUT2D eigenvalue weighted by Crippen LogP contribution is -2.43. The van der Waals surface area contributed by atoms with Gasteiger partial charge in [-0.3, -0.25) is 4.57 Å². The summed E-state index contributed by atoms with van der Waals surface area (Å²) in [5.41, 5.74) is 6.17. The number of aliphatic hydroxyl groups excluding tert-OH is 1. The standard InChI is InChI=1S/C14H21N5O2S/c1-7(2)4-14(11(22)10(20)8(3)21-14)19-6-18-9-12(15)16-5-17-13(9)19/h5-8,10-11,20,22H,4H2,1-3H3,(H2,15,16,17)/t8-,10-,11-,14-/m1/s1. The van der Waals surface area contributed by atoms with Gasteiger partial charge in [-0.2, -0.15) is 12.6 Å². The van der Waals surface area contributed by atoms with Crippen LogP contribution in [0.1, 0.15) is 27.2 Å². The van der Waals surface area contributed by atoms with Gasteiger partial charge in [0.15, 0.2) is 17.2 Å². The molecule has 2 aromatic rings. The van der Waals surface area contributed by atoms with E-state index in [1.165, 1.54) is 6.33 Å². The maximum absolute atomic E-state index is 10.3. The molecule has 0 unspecified atom stereocenters. The number of hydrogen-bond acceptors (Lipinski definition) is 7. The Hall–Kier alpha value is -1.38. The van der Waals surface area contributed by atoms with Crippen LogP contribution in [0.3, 0.4) is 0 Å². The molecular formula is C14H21N5O2S. The zero-order valence-corrected chi connectivity index (χ0v) is 13.7. The molecular weight excluding hydrogens is 302 g/mol. The van der Waals surface area contributed by atoms with E-state index in [4.69, 9.17) is 10.5 Å². The van der Waals surface area contributed by atoms with Crippen molar-refractivity contribution in [3.63, 3.8) is 0 Å². The molecule has 0 aliphatic carbocycles. The lowest BCUT2D eigenvalue weighted by atomic mass is 9.95. The second-order valence-corrected chi connectivity index (χ2v) is 6.80. The number of rotatable bonds is 3.